The van der Waals surface area contributed by atoms with E-state index in [1.54, 1.807) is 0 Å². The Bertz CT molecular complexity index is 976. The average Bonchev–Trinajstić information content (AvgIpc) is 3.00. The maximum absolute atomic E-state index is 13.0. The number of fused-ring (bicyclic) bond motifs is 2. The normalized spacial score (nSPS) is 11.6. The number of ether oxygens (including phenoxy) is 1. The highest BCUT2D eigenvalue weighted by atomic mass is 16.5. The van der Waals surface area contributed by atoms with Gasteiger partial charge in [-0.25, -0.2) is 14.8 Å². The van der Waals surface area contributed by atoms with Crippen molar-refractivity contribution < 1.29 is 9.53 Å². The number of anilines is 1. The Morgan fingerprint density at radius 1 is 1.07 bits per heavy atom. The molecule has 29 heavy (non-hydrogen) atoms. The number of nitrogen functional groups attached to an aromatic ring is 1. The van der Waals surface area contributed by atoms with E-state index in [0.29, 0.717) is 35.1 Å². The number of nitrogens with zero attached hydrogens (tertiary/aromatic N) is 3. The van der Waals surface area contributed by atoms with Gasteiger partial charge in [-0.3, -0.25) is 0 Å². The van der Waals surface area contributed by atoms with Crippen molar-refractivity contribution in [2.75, 3.05) is 12.3 Å². The van der Waals surface area contributed by atoms with Gasteiger partial charge in [-0.1, -0.05) is 65.0 Å². The lowest BCUT2D eigenvalue weighted by atomic mass is 10.1. The Balaban J connectivity index is 2.01. The third-order valence-corrected chi connectivity index (χ3v) is 5.64. The Hall–Kier alpha value is -2.63. The van der Waals surface area contributed by atoms with Crippen LogP contribution in [0.3, 0.4) is 0 Å². The quantitative estimate of drug-likeness (QED) is 0.369. The summed E-state index contributed by atoms with van der Waals surface area (Å²) in [5.41, 5.74) is 9.53. The predicted molar refractivity (Wildman–Crippen MR) is 118 cm³/mol. The van der Waals surface area contributed by atoms with Gasteiger partial charge in [0.1, 0.15) is 16.9 Å². The van der Waals surface area contributed by atoms with Crippen molar-refractivity contribution >= 4 is 34.0 Å². The summed E-state index contributed by atoms with van der Waals surface area (Å²) < 4.78 is 7.56. The molecule has 0 aliphatic carbocycles. The molecule has 2 aromatic heterocycles. The topological polar surface area (TPSA) is 83.0 Å². The predicted octanol–water partition coefficient (Wildman–Crippen LogP) is 5.34. The van der Waals surface area contributed by atoms with E-state index in [9.17, 15) is 4.79 Å². The molecule has 0 bridgehead atoms. The third kappa shape index (κ3) is 4.52. The van der Waals surface area contributed by atoms with E-state index in [4.69, 9.17) is 20.4 Å². The van der Waals surface area contributed by atoms with Crippen LogP contribution in [0.5, 0.6) is 0 Å². The van der Waals surface area contributed by atoms with Gasteiger partial charge in [0.15, 0.2) is 5.65 Å². The summed E-state index contributed by atoms with van der Waals surface area (Å²) >= 11 is 0. The second-order valence-electron chi connectivity index (χ2n) is 7.64. The number of hydrogen-bond donors (Lipinski definition) is 1. The molecule has 0 amide bonds. The number of hydrogen-bond acceptors (Lipinski definition) is 5. The maximum atomic E-state index is 13.0. The SMILES string of the molecule is CCCCCCn1c(N)c(C(=O)OCC(CC)CC)c2nc3ccccc3nc21. The van der Waals surface area contributed by atoms with Crippen molar-refractivity contribution in [2.24, 2.45) is 5.92 Å². The molecule has 0 radical (unpaired) electrons. The van der Waals surface area contributed by atoms with Gasteiger partial charge in [0.2, 0.25) is 0 Å². The Morgan fingerprint density at radius 3 is 2.41 bits per heavy atom. The fourth-order valence-corrected chi connectivity index (χ4v) is 3.63. The zero-order valence-electron chi connectivity index (χ0n) is 17.8. The molecule has 1 aromatic carbocycles. The highest BCUT2D eigenvalue weighted by Gasteiger charge is 2.25. The minimum Gasteiger partial charge on any atom is -0.462 e. The molecule has 0 unspecified atom stereocenters. The smallest absolute Gasteiger partial charge is 0.344 e. The van der Waals surface area contributed by atoms with Crippen LogP contribution < -0.4 is 5.73 Å². The molecule has 2 heterocycles. The maximum Gasteiger partial charge on any atom is 0.344 e. The third-order valence-electron chi connectivity index (χ3n) is 5.64. The van der Waals surface area contributed by atoms with Crippen molar-refractivity contribution in [2.45, 2.75) is 65.8 Å². The van der Waals surface area contributed by atoms with E-state index in [1.165, 1.54) is 12.8 Å². The second kappa shape index (κ2) is 9.72. The summed E-state index contributed by atoms with van der Waals surface area (Å²) in [6, 6.07) is 7.68. The number of para-hydroxylation sites is 2. The van der Waals surface area contributed by atoms with E-state index in [2.05, 4.69) is 20.8 Å². The highest BCUT2D eigenvalue weighted by molar-refractivity contribution is 6.08. The lowest BCUT2D eigenvalue weighted by Crippen LogP contribution is -2.15. The standard InChI is InChI=1S/C23H32N4O2/c1-4-7-8-11-14-27-21(24)19(23(28)29-15-16(5-2)6-3)20-22(27)26-18-13-10-9-12-17(18)25-20/h9-10,12-13,16H,4-8,11,14-15,24H2,1-3H3. The van der Waals surface area contributed by atoms with Crippen LogP contribution in [0.4, 0.5) is 5.82 Å². The van der Waals surface area contributed by atoms with Crippen molar-refractivity contribution in [1.82, 2.24) is 14.5 Å². The zero-order valence-corrected chi connectivity index (χ0v) is 17.8. The Kier molecular flexibility index (Phi) is 7.07. The summed E-state index contributed by atoms with van der Waals surface area (Å²) in [4.78, 5) is 22.5. The van der Waals surface area contributed by atoms with Gasteiger partial charge in [-0.15, -0.1) is 0 Å². The number of aromatic nitrogens is 3. The summed E-state index contributed by atoms with van der Waals surface area (Å²) in [5, 5.41) is 0. The van der Waals surface area contributed by atoms with Crippen LogP contribution in [0.25, 0.3) is 22.2 Å². The van der Waals surface area contributed by atoms with Crippen molar-refractivity contribution in [1.29, 1.82) is 0 Å². The van der Waals surface area contributed by atoms with Crippen LogP contribution >= 0.6 is 0 Å². The van der Waals surface area contributed by atoms with Gasteiger partial charge < -0.3 is 15.0 Å². The molecule has 0 aliphatic rings. The molecule has 3 aromatic rings. The number of esters is 1. The molecule has 0 fully saturated rings. The monoisotopic (exact) mass is 396 g/mol. The molecular formula is C23H32N4O2. The van der Waals surface area contributed by atoms with E-state index in [1.807, 2.05) is 28.8 Å². The number of unbranched alkanes of at least 4 members (excludes halogenated alkanes) is 3. The van der Waals surface area contributed by atoms with Crippen LogP contribution in [0.15, 0.2) is 24.3 Å². The summed E-state index contributed by atoms with van der Waals surface area (Å²) in [6.45, 7) is 7.52. The molecule has 0 saturated heterocycles. The molecule has 6 heteroatoms. The number of aryl methyl sites for hydroxylation is 1. The number of carbonyl (C=O) groups is 1. The van der Waals surface area contributed by atoms with Crippen molar-refractivity contribution in [3.8, 4) is 0 Å². The van der Waals surface area contributed by atoms with Crippen molar-refractivity contribution in [3.05, 3.63) is 29.8 Å². The lowest BCUT2D eigenvalue weighted by molar-refractivity contribution is 0.0436. The van der Waals surface area contributed by atoms with Gasteiger partial charge in [0.05, 0.1) is 17.6 Å². The fourth-order valence-electron chi connectivity index (χ4n) is 3.63. The van der Waals surface area contributed by atoms with E-state index in [-0.39, 0.29) is 0 Å². The van der Waals surface area contributed by atoms with Gasteiger partial charge in [0.25, 0.3) is 0 Å². The highest BCUT2D eigenvalue weighted by Crippen LogP contribution is 2.29. The number of nitrogens with two attached hydrogens (primary N) is 1. The van der Waals surface area contributed by atoms with Crippen molar-refractivity contribution in [3.63, 3.8) is 0 Å². The second-order valence-corrected chi connectivity index (χ2v) is 7.64. The van der Waals surface area contributed by atoms with Gasteiger partial charge in [-0.05, 0) is 24.5 Å². The molecule has 2 N–H and O–H groups in total. The van der Waals surface area contributed by atoms with Crippen LogP contribution in [-0.2, 0) is 11.3 Å². The van der Waals surface area contributed by atoms with Crippen LogP contribution in [-0.4, -0.2) is 27.1 Å². The largest absolute Gasteiger partial charge is 0.462 e. The Labute approximate surface area is 172 Å². The first kappa shape index (κ1) is 21.1. The fraction of sp³-hybridized carbons (Fsp3) is 0.522. The number of carbonyl (C=O) groups excluding carboxylic acids is 1. The summed E-state index contributed by atoms with van der Waals surface area (Å²) in [6.07, 6.45) is 6.40. The molecule has 0 atom stereocenters. The molecule has 0 spiro atoms. The van der Waals surface area contributed by atoms with Crippen LogP contribution in [0.1, 0.15) is 69.7 Å². The van der Waals surface area contributed by atoms with Crippen LogP contribution in [0, 0.1) is 5.92 Å². The lowest BCUT2D eigenvalue weighted by Gasteiger charge is -2.12. The van der Waals surface area contributed by atoms with E-state index < -0.39 is 5.97 Å². The average molecular weight is 397 g/mol. The molecule has 3 rings (SSSR count). The molecule has 6 nitrogen and oxygen atoms in total. The van der Waals surface area contributed by atoms with Gasteiger partial charge >= 0.3 is 5.97 Å². The molecule has 0 saturated carbocycles. The summed E-state index contributed by atoms with van der Waals surface area (Å²) in [5.74, 6) is 0.354. The van der Waals surface area contributed by atoms with E-state index in [0.717, 1.165) is 43.3 Å². The minimum atomic E-state index is -0.406. The minimum absolute atomic E-state index is 0.347. The molecular weight excluding hydrogens is 364 g/mol. The molecule has 156 valence electrons. The molecule has 0 aliphatic heterocycles. The number of rotatable bonds is 10. The summed E-state index contributed by atoms with van der Waals surface area (Å²) in [7, 11) is 0. The van der Waals surface area contributed by atoms with Crippen LogP contribution in [0.2, 0.25) is 0 Å². The van der Waals surface area contributed by atoms with Gasteiger partial charge in [-0.2, -0.15) is 0 Å². The number of benzene rings is 1. The zero-order chi connectivity index (χ0) is 20.8. The van der Waals surface area contributed by atoms with E-state index >= 15 is 0 Å². The first-order valence-electron chi connectivity index (χ1n) is 10.8. The first-order chi connectivity index (χ1) is 14.1. The Morgan fingerprint density at radius 2 is 1.76 bits per heavy atom. The first-order valence-corrected chi connectivity index (χ1v) is 10.8. The van der Waals surface area contributed by atoms with Gasteiger partial charge in [0, 0.05) is 6.54 Å².